The van der Waals surface area contributed by atoms with Crippen LogP contribution in [0.15, 0.2) is 0 Å². The van der Waals surface area contributed by atoms with Crippen LogP contribution < -0.4 is 0 Å². The van der Waals surface area contributed by atoms with Crippen molar-refractivity contribution < 1.29 is 0 Å². The van der Waals surface area contributed by atoms with Crippen molar-refractivity contribution in [2.75, 3.05) is 0 Å². The zero-order valence-electron chi connectivity index (χ0n) is 9.19. The summed E-state index contributed by atoms with van der Waals surface area (Å²) in [6.07, 6.45) is 7.15. The first-order valence-corrected chi connectivity index (χ1v) is 5.64. The molecular formula is C12H24. The highest BCUT2D eigenvalue weighted by molar-refractivity contribution is 4.95. The Morgan fingerprint density at radius 3 is 2.42 bits per heavy atom. The molecule has 0 heteroatoms. The predicted molar refractivity (Wildman–Crippen MR) is 55.2 cm³/mol. The lowest BCUT2D eigenvalue weighted by molar-refractivity contribution is -0.0233. The maximum atomic E-state index is 2.46. The first kappa shape index (κ1) is 10.1. The first-order chi connectivity index (χ1) is 5.64. The number of rotatable bonds is 4. The second-order valence-electron chi connectivity index (χ2n) is 4.90. The summed E-state index contributed by atoms with van der Waals surface area (Å²) in [6.45, 7) is 9.54. The normalized spacial score (nSPS) is 41.0. The van der Waals surface area contributed by atoms with Crippen LogP contribution in [0.1, 0.15) is 59.8 Å². The van der Waals surface area contributed by atoms with Gasteiger partial charge < -0.3 is 0 Å². The van der Waals surface area contributed by atoms with Crippen LogP contribution in [0.2, 0.25) is 0 Å². The van der Waals surface area contributed by atoms with Crippen molar-refractivity contribution in [3.63, 3.8) is 0 Å². The van der Waals surface area contributed by atoms with Gasteiger partial charge in [-0.25, -0.2) is 0 Å². The van der Waals surface area contributed by atoms with Gasteiger partial charge in [0.15, 0.2) is 0 Å². The molecular weight excluding hydrogens is 144 g/mol. The van der Waals surface area contributed by atoms with Crippen molar-refractivity contribution in [3.8, 4) is 0 Å². The maximum absolute atomic E-state index is 2.46. The summed E-state index contributed by atoms with van der Waals surface area (Å²) in [5, 5.41) is 0. The van der Waals surface area contributed by atoms with Crippen molar-refractivity contribution in [3.05, 3.63) is 0 Å². The van der Waals surface area contributed by atoms with Crippen LogP contribution in [0.3, 0.4) is 0 Å². The highest BCUT2D eigenvalue weighted by Gasteiger charge is 2.45. The predicted octanol–water partition coefficient (Wildman–Crippen LogP) is 4.25. The fraction of sp³-hybridized carbons (Fsp3) is 1.00. The molecule has 0 nitrogen and oxygen atoms in total. The van der Waals surface area contributed by atoms with E-state index >= 15 is 0 Å². The molecule has 0 aromatic heterocycles. The van der Waals surface area contributed by atoms with Crippen molar-refractivity contribution >= 4 is 0 Å². The van der Waals surface area contributed by atoms with E-state index in [1.807, 2.05) is 0 Å². The Labute approximate surface area is 77.7 Å². The highest BCUT2D eigenvalue weighted by atomic mass is 14.5. The van der Waals surface area contributed by atoms with Gasteiger partial charge in [0.2, 0.25) is 0 Å². The molecule has 0 aromatic rings. The van der Waals surface area contributed by atoms with E-state index in [4.69, 9.17) is 0 Å². The Kier molecular flexibility index (Phi) is 3.20. The summed E-state index contributed by atoms with van der Waals surface area (Å²) >= 11 is 0. The molecule has 0 N–H and O–H groups in total. The molecule has 12 heavy (non-hydrogen) atoms. The van der Waals surface area contributed by atoms with E-state index in [9.17, 15) is 0 Å². The zero-order chi connectivity index (χ0) is 9.19. The van der Waals surface area contributed by atoms with Gasteiger partial charge in [-0.1, -0.05) is 53.4 Å². The smallest absolute Gasteiger partial charge is 0.0297 e. The molecule has 1 fully saturated rings. The molecule has 1 aliphatic rings. The number of unbranched alkanes of at least 4 members (excludes halogenated alkanes) is 1. The van der Waals surface area contributed by atoms with Crippen LogP contribution in [0.5, 0.6) is 0 Å². The van der Waals surface area contributed by atoms with Gasteiger partial charge in [-0.2, -0.15) is 0 Å². The van der Waals surface area contributed by atoms with Crippen LogP contribution in [0.25, 0.3) is 0 Å². The summed E-state index contributed by atoms with van der Waals surface area (Å²) in [5.41, 5.74) is 0.693. The fourth-order valence-electron chi connectivity index (χ4n) is 2.65. The maximum Gasteiger partial charge on any atom is -0.0297 e. The summed E-state index contributed by atoms with van der Waals surface area (Å²) in [7, 11) is 0. The molecule has 1 saturated carbocycles. The van der Waals surface area contributed by atoms with E-state index in [2.05, 4.69) is 27.7 Å². The summed E-state index contributed by atoms with van der Waals surface area (Å²) < 4.78 is 0. The van der Waals surface area contributed by atoms with Gasteiger partial charge >= 0.3 is 0 Å². The minimum Gasteiger partial charge on any atom is -0.0654 e. The third-order valence-corrected chi connectivity index (χ3v) is 4.27. The molecule has 0 spiro atoms. The molecule has 1 rings (SSSR count). The van der Waals surface area contributed by atoms with Crippen LogP contribution in [0.4, 0.5) is 0 Å². The Morgan fingerprint density at radius 1 is 1.33 bits per heavy atom. The topological polar surface area (TPSA) is 0 Å². The minimum absolute atomic E-state index is 0.693. The molecule has 0 amide bonds. The highest BCUT2D eigenvalue weighted by Crippen LogP contribution is 2.54. The van der Waals surface area contributed by atoms with E-state index < -0.39 is 0 Å². The Hall–Kier alpha value is 0. The molecule has 0 aliphatic heterocycles. The second kappa shape index (κ2) is 3.81. The fourth-order valence-corrected chi connectivity index (χ4v) is 2.65. The van der Waals surface area contributed by atoms with Crippen LogP contribution in [-0.2, 0) is 0 Å². The molecule has 72 valence electrons. The molecule has 0 saturated heterocycles. The van der Waals surface area contributed by atoms with Crippen LogP contribution in [-0.4, -0.2) is 0 Å². The van der Waals surface area contributed by atoms with E-state index in [1.54, 1.807) is 0 Å². The van der Waals surface area contributed by atoms with E-state index in [0.29, 0.717) is 5.41 Å². The van der Waals surface area contributed by atoms with Gasteiger partial charge in [-0.05, 0) is 23.7 Å². The van der Waals surface area contributed by atoms with Crippen molar-refractivity contribution in [2.24, 2.45) is 17.3 Å². The van der Waals surface area contributed by atoms with Gasteiger partial charge in [0.05, 0.1) is 0 Å². The molecule has 3 atom stereocenters. The van der Waals surface area contributed by atoms with Gasteiger partial charge in [-0.3, -0.25) is 0 Å². The summed E-state index contributed by atoms with van der Waals surface area (Å²) in [5.74, 6) is 2.03. The quantitative estimate of drug-likeness (QED) is 0.588. The third-order valence-electron chi connectivity index (χ3n) is 4.27. The first-order valence-electron chi connectivity index (χ1n) is 5.64. The van der Waals surface area contributed by atoms with Crippen molar-refractivity contribution in [1.29, 1.82) is 0 Å². The SMILES string of the molecule is CCCCC1CC(C)(CC)C1C. The largest absolute Gasteiger partial charge is 0.0654 e. The lowest BCUT2D eigenvalue weighted by atomic mass is 9.53. The average molecular weight is 168 g/mol. The Balaban J connectivity index is 2.28. The molecule has 3 unspecified atom stereocenters. The van der Waals surface area contributed by atoms with Crippen LogP contribution in [0, 0.1) is 17.3 Å². The second-order valence-corrected chi connectivity index (χ2v) is 4.90. The molecule has 0 bridgehead atoms. The number of hydrogen-bond acceptors (Lipinski definition) is 0. The minimum atomic E-state index is 0.693. The standard InChI is InChI=1S/C12H24/c1-5-7-8-11-9-12(4,6-2)10(11)3/h10-11H,5-9H2,1-4H3. The molecule has 0 heterocycles. The summed E-state index contributed by atoms with van der Waals surface area (Å²) in [6, 6.07) is 0. The average Bonchev–Trinajstić information content (AvgIpc) is 2.11. The number of hydrogen-bond donors (Lipinski definition) is 0. The van der Waals surface area contributed by atoms with Gasteiger partial charge in [0.1, 0.15) is 0 Å². The van der Waals surface area contributed by atoms with Crippen molar-refractivity contribution in [1.82, 2.24) is 0 Å². The van der Waals surface area contributed by atoms with E-state index in [-0.39, 0.29) is 0 Å². The molecule has 1 aliphatic carbocycles. The molecule has 0 aromatic carbocycles. The Bertz CT molecular complexity index is 139. The van der Waals surface area contributed by atoms with Gasteiger partial charge in [-0.15, -0.1) is 0 Å². The summed E-state index contributed by atoms with van der Waals surface area (Å²) in [4.78, 5) is 0. The van der Waals surface area contributed by atoms with E-state index in [1.165, 1.54) is 32.1 Å². The monoisotopic (exact) mass is 168 g/mol. The van der Waals surface area contributed by atoms with Crippen molar-refractivity contribution in [2.45, 2.75) is 59.8 Å². The lowest BCUT2D eigenvalue weighted by Crippen LogP contribution is -2.43. The van der Waals surface area contributed by atoms with Gasteiger partial charge in [0, 0.05) is 0 Å². The van der Waals surface area contributed by atoms with E-state index in [0.717, 1.165) is 11.8 Å². The molecule has 0 radical (unpaired) electrons. The van der Waals surface area contributed by atoms with Crippen LogP contribution >= 0.6 is 0 Å². The zero-order valence-corrected chi connectivity index (χ0v) is 9.19. The third kappa shape index (κ3) is 1.67. The lowest BCUT2D eigenvalue weighted by Gasteiger charge is -2.52. The Morgan fingerprint density at radius 2 is 2.00 bits per heavy atom. The van der Waals surface area contributed by atoms with Gasteiger partial charge in [0.25, 0.3) is 0 Å².